The van der Waals surface area contributed by atoms with Crippen molar-refractivity contribution in [1.29, 1.82) is 0 Å². The summed E-state index contributed by atoms with van der Waals surface area (Å²) in [7, 11) is 3.18. The minimum Gasteiger partial charge on any atom is -0.497 e. The third kappa shape index (κ3) is 4.55. The molecule has 0 saturated carbocycles. The normalized spacial score (nSPS) is 15.9. The van der Waals surface area contributed by atoms with Gasteiger partial charge in [0.2, 0.25) is 5.91 Å². The first-order chi connectivity index (χ1) is 13.6. The highest BCUT2D eigenvalue weighted by Crippen LogP contribution is 2.33. The number of benzene rings is 2. The number of nitrogens with zero attached hydrogens (tertiary/aromatic N) is 2. The van der Waals surface area contributed by atoms with Gasteiger partial charge in [0.15, 0.2) is 0 Å². The fraction of sp³-hybridized carbons (Fsp3) is 0.286. The number of methoxy groups -OCH3 is 1. The van der Waals surface area contributed by atoms with Crippen molar-refractivity contribution in [3.8, 4) is 5.75 Å². The van der Waals surface area contributed by atoms with E-state index in [1.807, 2.05) is 54.6 Å². The first kappa shape index (κ1) is 19.6. The van der Waals surface area contributed by atoms with Crippen molar-refractivity contribution in [2.24, 2.45) is 5.10 Å². The van der Waals surface area contributed by atoms with Crippen molar-refractivity contribution in [3.63, 3.8) is 0 Å². The molecule has 0 saturated heterocycles. The van der Waals surface area contributed by atoms with Gasteiger partial charge >= 0.3 is 0 Å². The second-order valence-electron chi connectivity index (χ2n) is 6.42. The van der Waals surface area contributed by atoms with Crippen molar-refractivity contribution in [2.45, 2.75) is 12.5 Å². The fourth-order valence-corrected chi connectivity index (χ4v) is 3.08. The molecule has 1 aliphatic rings. The molecule has 7 heteroatoms. The van der Waals surface area contributed by atoms with Crippen LogP contribution in [0.15, 0.2) is 59.7 Å². The molecule has 0 radical (unpaired) electrons. The molecule has 146 valence electrons. The maximum Gasteiger partial charge on any atom is 0.257 e. The van der Waals surface area contributed by atoms with E-state index in [0.717, 1.165) is 22.6 Å². The SMILES string of the molecule is CNC(=O)CNCC(=O)N1N=C(c2ccccc2)C[C@@H]1c1ccc(OC)cc1. The Bertz CT molecular complexity index is 850. The summed E-state index contributed by atoms with van der Waals surface area (Å²) in [5.41, 5.74) is 2.84. The number of carbonyl (C=O) groups excluding carboxylic acids is 2. The summed E-state index contributed by atoms with van der Waals surface area (Å²) >= 11 is 0. The monoisotopic (exact) mass is 380 g/mol. The van der Waals surface area contributed by atoms with Crippen molar-refractivity contribution < 1.29 is 14.3 Å². The topological polar surface area (TPSA) is 83.0 Å². The van der Waals surface area contributed by atoms with Gasteiger partial charge in [-0.05, 0) is 23.3 Å². The van der Waals surface area contributed by atoms with Crippen LogP contribution in [0.5, 0.6) is 5.75 Å². The van der Waals surface area contributed by atoms with Crippen LogP contribution in [0.4, 0.5) is 0 Å². The molecule has 0 fully saturated rings. The lowest BCUT2D eigenvalue weighted by Gasteiger charge is -2.22. The number of rotatable bonds is 7. The highest BCUT2D eigenvalue weighted by atomic mass is 16.5. The Morgan fingerprint density at radius 1 is 1.11 bits per heavy atom. The smallest absolute Gasteiger partial charge is 0.257 e. The summed E-state index contributed by atoms with van der Waals surface area (Å²) in [6, 6.07) is 17.3. The molecule has 2 N–H and O–H groups in total. The van der Waals surface area contributed by atoms with Crippen LogP contribution in [0.2, 0.25) is 0 Å². The van der Waals surface area contributed by atoms with Gasteiger partial charge in [0.1, 0.15) is 5.75 Å². The largest absolute Gasteiger partial charge is 0.497 e. The number of hydrazone groups is 1. The quantitative estimate of drug-likeness (QED) is 0.766. The standard InChI is InChI=1S/C21H24N4O3/c1-22-20(26)13-23-14-21(27)25-19(16-8-10-17(28-2)11-9-16)12-18(24-25)15-6-4-3-5-7-15/h3-11,19,23H,12-14H2,1-2H3,(H,22,26)/t19-/m1/s1. The van der Waals surface area contributed by atoms with Crippen LogP contribution < -0.4 is 15.4 Å². The van der Waals surface area contributed by atoms with Crippen LogP contribution in [0, 0.1) is 0 Å². The van der Waals surface area contributed by atoms with E-state index in [1.165, 1.54) is 5.01 Å². The van der Waals surface area contributed by atoms with E-state index in [0.29, 0.717) is 6.42 Å². The molecule has 1 heterocycles. The molecule has 1 aliphatic heterocycles. The third-order valence-electron chi connectivity index (χ3n) is 4.61. The van der Waals surface area contributed by atoms with E-state index in [4.69, 9.17) is 4.74 Å². The first-order valence-electron chi connectivity index (χ1n) is 9.12. The average molecular weight is 380 g/mol. The van der Waals surface area contributed by atoms with E-state index < -0.39 is 0 Å². The maximum absolute atomic E-state index is 12.8. The predicted octanol–water partition coefficient (Wildman–Crippen LogP) is 1.71. The number of hydrogen-bond acceptors (Lipinski definition) is 5. The minimum atomic E-state index is -0.199. The van der Waals surface area contributed by atoms with Crippen molar-refractivity contribution in [1.82, 2.24) is 15.6 Å². The van der Waals surface area contributed by atoms with Gasteiger partial charge in [0.05, 0.1) is 32.0 Å². The first-order valence-corrected chi connectivity index (χ1v) is 9.12. The third-order valence-corrected chi connectivity index (χ3v) is 4.61. The molecule has 28 heavy (non-hydrogen) atoms. The Morgan fingerprint density at radius 3 is 2.46 bits per heavy atom. The van der Waals surface area contributed by atoms with Crippen molar-refractivity contribution in [2.75, 3.05) is 27.2 Å². The molecule has 0 unspecified atom stereocenters. The number of hydrogen-bond donors (Lipinski definition) is 2. The molecule has 0 aromatic heterocycles. The molecular weight excluding hydrogens is 356 g/mol. The molecular formula is C21H24N4O3. The van der Waals surface area contributed by atoms with Crippen LogP contribution in [0.1, 0.15) is 23.6 Å². The van der Waals surface area contributed by atoms with Crippen LogP contribution in [0.25, 0.3) is 0 Å². The average Bonchev–Trinajstić information content (AvgIpc) is 3.20. The molecule has 2 amide bonds. The second kappa shape index (κ2) is 9.14. The molecule has 0 spiro atoms. The summed E-state index contributed by atoms with van der Waals surface area (Å²) in [4.78, 5) is 24.2. The number of nitrogens with one attached hydrogen (secondary N) is 2. The minimum absolute atomic E-state index is 0.0334. The van der Waals surface area contributed by atoms with Gasteiger partial charge in [-0.15, -0.1) is 0 Å². The lowest BCUT2D eigenvalue weighted by molar-refractivity contribution is -0.132. The Morgan fingerprint density at radius 2 is 1.82 bits per heavy atom. The summed E-state index contributed by atoms with van der Waals surface area (Å²) in [5, 5.41) is 11.5. The molecule has 3 rings (SSSR count). The van der Waals surface area contributed by atoms with Gasteiger partial charge < -0.3 is 10.1 Å². The van der Waals surface area contributed by atoms with Crippen LogP contribution in [0.3, 0.4) is 0 Å². The van der Waals surface area contributed by atoms with Crippen LogP contribution in [-0.2, 0) is 9.59 Å². The number of likely N-dealkylation sites (N-methyl/N-ethyl adjacent to an activating group) is 1. The summed E-state index contributed by atoms with van der Waals surface area (Å²) in [6.45, 7) is 0.115. The Kier molecular flexibility index (Phi) is 6.39. The van der Waals surface area contributed by atoms with Crippen LogP contribution in [-0.4, -0.2) is 49.8 Å². The summed E-state index contributed by atoms with van der Waals surface area (Å²) < 4.78 is 5.23. The van der Waals surface area contributed by atoms with Gasteiger partial charge in [-0.1, -0.05) is 42.5 Å². The van der Waals surface area contributed by atoms with E-state index in [9.17, 15) is 9.59 Å². The van der Waals surface area contributed by atoms with E-state index >= 15 is 0 Å². The number of ether oxygens (including phenoxy) is 1. The second-order valence-corrected chi connectivity index (χ2v) is 6.42. The zero-order chi connectivity index (χ0) is 19.9. The molecule has 1 atom stereocenters. The Labute approximate surface area is 164 Å². The lowest BCUT2D eigenvalue weighted by Crippen LogP contribution is -2.39. The molecule has 2 aromatic rings. The van der Waals surface area contributed by atoms with E-state index in [1.54, 1.807) is 14.2 Å². The van der Waals surface area contributed by atoms with Crippen molar-refractivity contribution in [3.05, 3.63) is 65.7 Å². The zero-order valence-electron chi connectivity index (χ0n) is 16.0. The lowest BCUT2D eigenvalue weighted by atomic mass is 9.98. The predicted molar refractivity (Wildman–Crippen MR) is 107 cm³/mol. The van der Waals surface area contributed by atoms with Gasteiger partial charge in [0.25, 0.3) is 5.91 Å². The molecule has 2 aromatic carbocycles. The fourth-order valence-electron chi connectivity index (χ4n) is 3.08. The Hall–Kier alpha value is -3.19. The van der Waals surface area contributed by atoms with Gasteiger partial charge in [0, 0.05) is 13.5 Å². The van der Waals surface area contributed by atoms with Crippen molar-refractivity contribution >= 4 is 17.5 Å². The van der Waals surface area contributed by atoms with Gasteiger partial charge in [-0.2, -0.15) is 5.10 Å². The van der Waals surface area contributed by atoms with Gasteiger partial charge in [-0.25, -0.2) is 5.01 Å². The Balaban J connectivity index is 1.80. The highest BCUT2D eigenvalue weighted by Gasteiger charge is 2.32. The number of carbonyl (C=O) groups is 2. The summed E-state index contributed by atoms with van der Waals surface area (Å²) in [6.07, 6.45) is 0.623. The van der Waals surface area contributed by atoms with E-state index in [2.05, 4.69) is 15.7 Å². The summed E-state index contributed by atoms with van der Waals surface area (Å²) in [5.74, 6) is 0.404. The highest BCUT2D eigenvalue weighted by molar-refractivity contribution is 6.03. The molecule has 7 nitrogen and oxygen atoms in total. The van der Waals surface area contributed by atoms with Gasteiger partial charge in [-0.3, -0.25) is 14.9 Å². The van der Waals surface area contributed by atoms with E-state index in [-0.39, 0.29) is 30.9 Å². The maximum atomic E-state index is 12.8. The van der Waals surface area contributed by atoms with Crippen LogP contribution >= 0.6 is 0 Å². The molecule has 0 bridgehead atoms. The molecule has 0 aliphatic carbocycles. The number of amides is 2. The zero-order valence-corrected chi connectivity index (χ0v) is 16.0.